The number of halogens is 1. The Morgan fingerprint density at radius 3 is 2.91 bits per heavy atom. The Balaban J connectivity index is 2.13. The number of ether oxygens (including phenoxy) is 1. The number of carbonyl (C=O) groups excluding carboxylic acids is 1. The molecule has 5 nitrogen and oxygen atoms in total. The molecule has 1 aromatic carbocycles. The number of aromatic amines is 1. The molecule has 0 aliphatic rings. The molecular weight excluding hydrogens is 285 g/mol. The van der Waals surface area contributed by atoms with Gasteiger partial charge in [-0.1, -0.05) is 6.07 Å². The Morgan fingerprint density at radius 1 is 1.36 bits per heavy atom. The van der Waals surface area contributed by atoms with Gasteiger partial charge in [0.05, 0.1) is 24.6 Å². The topological polar surface area (TPSA) is 67.0 Å². The van der Waals surface area contributed by atoms with Gasteiger partial charge in [-0.05, 0) is 18.2 Å². The predicted molar refractivity (Wildman–Crippen MR) is 82.0 cm³/mol. The predicted octanol–water partition coefficient (Wildman–Crippen LogP) is 2.98. The van der Waals surface area contributed by atoms with Gasteiger partial charge >= 0.3 is 0 Å². The summed E-state index contributed by atoms with van der Waals surface area (Å²) in [6, 6.07) is 6.37. The number of methoxy groups -OCH3 is 1. The van der Waals surface area contributed by atoms with Crippen LogP contribution in [0.5, 0.6) is 5.75 Å². The molecule has 3 aromatic rings. The molecule has 0 aliphatic carbocycles. The van der Waals surface area contributed by atoms with E-state index in [-0.39, 0.29) is 11.3 Å². The second-order valence-electron chi connectivity index (χ2n) is 4.72. The van der Waals surface area contributed by atoms with Crippen LogP contribution in [0, 0.1) is 5.82 Å². The standard InChI is InChI=1S/C16H14FN3O2/c1-18-13-5-3-4-10(14(13)17)15(21)12-8-20-16-11(12)6-9(22-2)7-19-16/h3-8,18H,1-2H3,(H,19,20). The highest BCUT2D eigenvalue weighted by molar-refractivity contribution is 6.16. The lowest BCUT2D eigenvalue weighted by molar-refractivity contribution is 0.103. The van der Waals surface area contributed by atoms with E-state index in [4.69, 9.17) is 4.74 Å². The molecule has 0 saturated heterocycles. The Labute approximate surface area is 126 Å². The maximum atomic E-state index is 14.3. The zero-order valence-electron chi connectivity index (χ0n) is 12.1. The fourth-order valence-electron chi connectivity index (χ4n) is 2.33. The number of nitrogens with one attached hydrogen (secondary N) is 2. The monoisotopic (exact) mass is 299 g/mol. The van der Waals surface area contributed by atoms with Gasteiger partial charge in [-0.3, -0.25) is 4.79 Å². The van der Waals surface area contributed by atoms with Crippen molar-refractivity contribution in [2.75, 3.05) is 19.5 Å². The van der Waals surface area contributed by atoms with Gasteiger partial charge in [-0.15, -0.1) is 0 Å². The largest absolute Gasteiger partial charge is 0.495 e. The lowest BCUT2D eigenvalue weighted by Crippen LogP contribution is -2.06. The number of nitrogens with zero attached hydrogens (tertiary/aromatic N) is 1. The summed E-state index contributed by atoms with van der Waals surface area (Å²) in [5.74, 6) is -0.443. The number of hydrogen-bond donors (Lipinski definition) is 2. The zero-order chi connectivity index (χ0) is 15.7. The van der Waals surface area contributed by atoms with Gasteiger partial charge in [0.2, 0.25) is 0 Å². The molecule has 0 fully saturated rings. The van der Waals surface area contributed by atoms with E-state index in [1.807, 2.05) is 0 Å². The van der Waals surface area contributed by atoms with Crippen molar-refractivity contribution < 1.29 is 13.9 Å². The summed E-state index contributed by atoms with van der Waals surface area (Å²) in [5, 5.41) is 3.32. The van der Waals surface area contributed by atoms with E-state index >= 15 is 0 Å². The van der Waals surface area contributed by atoms with Crippen LogP contribution in [0.4, 0.5) is 10.1 Å². The molecule has 0 atom stereocenters. The number of rotatable bonds is 4. The number of H-pyrrole nitrogens is 1. The van der Waals surface area contributed by atoms with E-state index < -0.39 is 11.6 Å². The van der Waals surface area contributed by atoms with Crippen molar-refractivity contribution in [3.8, 4) is 5.75 Å². The summed E-state index contributed by atoms with van der Waals surface area (Å²) < 4.78 is 19.4. The Kier molecular flexibility index (Phi) is 3.50. The molecule has 2 aromatic heterocycles. The highest BCUT2D eigenvalue weighted by Gasteiger charge is 2.20. The van der Waals surface area contributed by atoms with Crippen LogP contribution in [-0.4, -0.2) is 29.9 Å². The normalized spacial score (nSPS) is 10.7. The molecule has 0 spiro atoms. The molecular formula is C16H14FN3O2. The van der Waals surface area contributed by atoms with Crippen LogP contribution in [-0.2, 0) is 0 Å². The van der Waals surface area contributed by atoms with Gasteiger partial charge < -0.3 is 15.0 Å². The highest BCUT2D eigenvalue weighted by atomic mass is 19.1. The first-order valence-corrected chi connectivity index (χ1v) is 6.67. The van der Waals surface area contributed by atoms with Crippen LogP contribution in [0.3, 0.4) is 0 Å². The van der Waals surface area contributed by atoms with Crippen LogP contribution in [0.2, 0.25) is 0 Å². The third-order valence-electron chi connectivity index (χ3n) is 3.50. The van der Waals surface area contributed by atoms with Crippen molar-refractivity contribution >= 4 is 22.5 Å². The minimum absolute atomic E-state index is 0.00979. The van der Waals surface area contributed by atoms with Crippen LogP contribution < -0.4 is 10.1 Å². The second-order valence-corrected chi connectivity index (χ2v) is 4.72. The number of benzene rings is 1. The average molecular weight is 299 g/mol. The quantitative estimate of drug-likeness (QED) is 0.727. The van der Waals surface area contributed by atoms with E-state index in [1.54, 1.807) is 31.4 Å². The summed E-state index contributed by atoms with van der Waals surface area (Å²) in [6.07, 6.45) is 3.08. The number of fused-ring (bicyclic) bond motifs is 1. The molecule has 2 heterocycles. The van der Waals surface area contributed by atoms with Crippen LogP contribution in [0.25, 0.3) is 11.0 Å². The summed E-state index contributed by atoms with van der Waals surface area (Å²) in [4.78, 5) is 19.7. The molecule has 0 unspecified atom stereocenters. The first-order valence-electron chi connectivity index (χ1n) is 6.67. The van der Waals surface area contributed by atoms with Crippen molar-refractivity contribution in [2.45, 2.75) is 0 Å². The van der Waals surface area contributed by atoms with Gasteiger partial charge in [0.15, 0.2) is 11.6 Å². The van der Waals surface area contributed by atoms with E-state index in [0.29, 0.717) is 22.3 Å². The van der Waals surface area contributed by atoms with E-state index in [9.17, 15) is 9.18 Å². The smallest absolute Gasteiger partial charge is 0.198 e. The molecule has 22 heavy (non-hydrogen) atoms. The summed E-state index contributed by atoms with van der Waals surface area (Å²) >= 11 is 0. The summed E-state index contributed by atoms with van der Waals surface area (Å²) in [6.45, 7) is 0. The lowest BCUT2D eigenvalue weighted by atomic mass is 10.0. The van der Waals surface area contributed by atoms with Crippen molar-refractivity contribution in [1.82, 2.24) is 9.97 Å². The van der Waals surface area contributed by atoms with Crippen molar-refractivity contribution in [3.05, 3.63) is 53.6 Å². The van der Waals surface area contributed by atoms with Gasteiger partial charge in [-0.2, -0.15) is 0 Å². The van der Waals surface area contributed by atoms with Crippen molar-refractivity contribution in [2.24, 2.45) is 0 Å². The number of aromatic nitrogens is 2. The maximum absolute atomic E-state index is 14.3. The molecule has 0 radical (unpaired) electrons. The van der Waals surface area contributed by atoms with Crippen LogP contribution >= 0.6 is 0 Å². The fraction of sp³-hybridized carbons (Fsp3) is 0.125. The molecule has 0 aliphatic heterocycles. The van der Waals surface area contributed by atoms with Crippen molar-refractivity contribution in [1.29, 1.82) is 0 Å². The second kappa shape index (κ2) is 5.48. The summed E-state index contributed by atoms with van der Waals surface area (Å²) in [5.41, 5.74) is 1.19. The Morgan fingerprint density at radius 2 is 2.18 bits per heavy atom. The molecule has 6 heteroatoms. The molecule has 3 rings (SSSR count). The number of carbonyl (C=O) groups is 1. The number of hydrogen-bond acceptors (Lipinski definition) is 4. The van der Waals surface area contributed by atoms with Crippen LogP contribution in [0.15, 0.2) is 36.7 Å². The number of pyridine rings is 1. The Bertz CT molecular complexity index is 858. The van der Waals surface area contributed by atoms with Gasteiger partial charge in [0.1, 0.15) is 11.4 Å². The first-order chi connectivity index (χ1) is 10.7. The maximum Gasteiger partial charge on any atom is 0.198 e. The van der Waals surface area contributed by atoms with E-state index in [1.165, 1.54) is 19.4 Å². The molecule has 0 amide bonds. The summed E-state index contributed by atoms with van der Waals surface area (Å²) in [7, 11) is 3.13. The number of ketones is 1. The molecule has 112 valence electrons. The van der Waals surface area contributed by atoms with E-state index in [2.05, 4.69) is 15.3 Å². The Hall–Kier alpha value is -2.89. The SMILES string of the molecule is CNc1cccc(C(=O)c2c[nH]c3ncc(OC)cc23)c1F. The minimum Gasteiger partial charge on any atom is -0.495 e. The molecule has 2 N–H and O–H groups in total. The van der Waals surface area contributed by atoms with Crippen molar-refractivity contribution in [3.63, 3.8) is 0 Å². The number of anilines is 1. The first kappa shape index (κ1) is 14.1. The van der Waals surface area contributed by atoms with Gasteiger partial charge in [0.25, 0.3) is 0 Å². The zero-order valence-corrected chi connectivity index (χ0v) is 12.1. The molecule has 0 saturated carbocycles. The lowest BCUT2D eigenvalue weighted by Gasteiger charge is -2.07. The minimum atomic E-state index is -0.569. The average Bonchev–Trinajstić information content (AvgIpc) is 2.97. The van der Waals surface area contributed by atoms with Gasteiger partial charge in [-0.25, -0.2) is 9.37 Å². The third kappa shape index (κ3) is 2.18. The third-order valence-corrected chi connectivity index (χ3v) is 3.50. The fourth-order valence-corrected chi connectivity index (χ4v) is 2.33. The molecule has 0 bridgehead atoms. The van der Waals surface area contributed by atoms with Gasteiger partial charge in [0, 0.05) is 24.2 Å². The van der Waals surface area contributed by atoms with Crippen LogP contribution in [0.1, 0.15) is 15.9 Å². The highest BCUT2D eigenvalue weighted by Crippen LogP contribution is 2.26. The van der Waals surface area contributed by atoms with E-state index in [0.717, 1.165) is 0 Å².